The molecule has 1 aliphatic rings. The maximum atomic E-state index is 13.2. The monoisotopic (exact) mass is 453 g/mol. The third kappa shape index (κ3) is 5.73. The zero-order chi connectivity index (χ0) is 23.9. The molecule has 1 aliphatic heterocycles. The molecule has 0 saturated heterocycles. The third-order valence-electron chi connectivity index (χ3n) is 5.62. The van der Waals surface area contributed by atoms with Crippen molar-refractivity contribution in [1.29, 1.82) is 5.26 Å². The zero-order valence-corrected chi connectivity index (χ0v) is 19.3. The van der Waals surface area contributed by atoms with E-state index in [9.17, 15) is 4.79 Å². The van der Waals surface area contributed by atoms with Gasteiger partial charge in [0.25, 0.3) is 0 Å². The summed E-state index contributed by atoms with van der Waals surface area (Å²) in [6.07, 6.45) is 0.368. The summed E-state index contributed by atoms with van der Waals surface area (Å²) >= 11 is 0. The van der Waals surface area contributed by atoms with Gasteiger partial charge in [-0.2, -0.15) is 5.26 Å². The number of nitriles is 1. The van der Waals surface area contributed by atoms with Crippen molar-refractivity contribution in [2.45, 2.75) is 19.1 Å². The molecule has 0 fully saturated rings. The Kier molecular flexibility index (Phi) is 7.09. The lowest BCUT2D eigenvalue weighted by atomic mass is 10.0. The van der Waals surface area contributed by atoms with Crippen LogP contribution < -0.4 is 10.2 Å². The molecule has 34 heavy (non-hydrogen) atoms. The lowest BCUT2D eigenvalue weighted by Gasteiger charge is -2.25. The molecule has 1 N–H and O–H groups in total. The minimum atomic E-state index is -0.258. The number of urea groups is 1. The number of carbonyl (C=O) groups excluding carboxylic acids is 1. The average molecular weight is 454 g/mol. The number of benzene rings is 3. The number of carbonyl (C=O) groups is 1. The van der Waals surface area contributed by atoms with E-state index in [0.29, 0.717) is 30.8 Å². The van der Waals surface area contributed by atoms with E-state index in [-0.39, 0.29) is 12.1 Å². The minimum absolute atomic E-state index is 0.247. The first-order valence-electron chi connectivity index (χ1n) is 11.1. The fraction of sp³-hybridized carbons (Fsp3) is 0.222. The number of hydrogen-bond acceptors (Lipinski definition) is 5. The molecule has 0 radical (unpaired) electrons. The van der Waals surface area contributed by atoms with Crippen LogP contribution in [-0.2, 0) is 11.4 Å². The second-order valence-corrected chi connectivity index (χ2v) is 8.40. The van der Waals surface area contributed by atoms with Crippen molar-refractivity contribution in [2.24, 2.45) is 5.16 Å². The number of nitrogens with zero attached hydrogens (tertiary/aromatic N) is 4. The molecule has 7 nitrogen and oxygen atoms in total. The first-order valence-corrected chi connectivity index (χ1v) is 11.1. The Morgan fingerprint density at radius 1 is 1.09 bits per heavy atom. The van der Waals surface area contributed by atoms with Gasteiger partial charge in [-0.05, 0) is 41.5 Å². The maximum absolute atomic E-state index is 13.2. The van der Waals surface area contributed by atoms with E-state index in [0.717, 1.165) is 22.5 Å². The lowest BCUT2D eigenvalue weighted by molar-refractivity contribution is 0.0608. The summed E-state index contributed by atoms with van der Waals surface area (Å²) in [5.41, 5.74) is 5.09. The molecular weight excluding hydrogens is 426 g/mol. The molecular formula is C27H27N5O2. The summed E-state index contributed by atoms with van der Waals surface area (Å²) < 4.78 is 0. The smallest absolute Gasteiger partial charge is 0.322 e. The number of anilines is 2. The molecule has 7 heteroatoms. The summed E-state index contributed by atoms with van der Waals surface area (Å²) in [6, 6.07) is 26.7. The molecule has 0 saturated carbocycles. The van der Waals surface area contributed by atoms with E-state index in [4.69, 9.17) is 10.1 Å². The number of nitrogens with one attached hydrogen (secondary N) is 1. The van der Waals surface area contributed by atoms with Gasteiger partial charge < -0.3 is 20.0 Å². The minimum Gasteiger partial charge on any atom is -0.390 e. The molecule has 172 valence electrons. The van der Waals surface area contributed by atoms with Crippen LogP contribution in [0.5, 0.6) is 0 Å². The van der Waals surface area contributed by atoms with Crippen molar-refractivity contribution in [2.75, 3.05) is 30.9 Å². The first-order chi connectivity index (χ1) is 16.5. The van der Waals surface area contributed by atoms with Crippen molar-refractivity contribution >= 4 is 23.1 Å². The Hall–Kier alpha value is -4.31. The van der Waals surface area contributed by atoms with Gasteiger partial charge in [-0.15, -0.1) is 0 Å². The molecule has 1 atom stereocenters. The van der Waals surface area contributed by atoms with Gasteiger partial charge >= 0.3 is 6.03 Å². The van der Waals surface area contributed by atoms with E-state index < -0.39 is 0 Å². The maximum Gasteiger partial charge on any atom is 0.322 e. The quantitative estimate of drug-likeness (QED) is 0.554. The van der Waals surface area contributed by atoms with Gasteiger partial charge in [-0.3, -0.25) is 0 Å². The van der Waals surface area contributed by atoms with E-state index in [1.165, 1.54) is 0 Å². The van der Waals surface area contributed by atoms with Crippen molar-refractivity contribution in [1.82, 2.24) is 4.90 Å². The third-order valence-corrected chi connectivity index (χ3v) is 5.62. The van der Waals surface area contributed by atoms with Gasteiger partial charge in [0.05, 0.1) is 23.9 Å². The predicted molar refractivity (Wildman–Crippen MR) is 134 cm³/mol. The lowest BCUT2D eigenvalue weighted by Crippen LogP contribution is -2.40. The molecule has 1 unspecified atom stereocenters. The van der Waals surface area contributed by atoms with Crippen LogP contribution in [-0.4, -0.2) is 43.4 Å². The van der Waals surface area contributed by atoms with Crippen LogP contribution in [0.4, 0.5) is 16.2 Å². The van der Waals surface area contributed by atoms with Gasteiger partial charge in [-0.25, -0.2) is 4.79 Å². The Morgan fingerprint density at radius 3 is 2.56 bits per heavy atom. The normalized spacial score (nSPS) is 14.5. The van der Waals surface area contributed by atoms with Crippen LogP contribution in [0.15, 0.2) is 84.0 Å². The van der Waals surface area contributed by atoms with E-state index in [2.05, 4.69) is 28.7 Å². The number of oxime groups is 1. The molecule has 0 aliphatic carbocycles. The highest BCUT2D eigenvalue weighted by molar-refractivity contribution is 6.01. The van der Waals surface area contributed by atoms with Gasteiger partial charge in [-0.1, -0.05) is 53.7 Å². The zero-order valence-electron chi connectivity index (χ0n) is 19.3. The summed E-state index contributed by atoms with van der Waals surface area (Å²) in [4.78, 5) is 22.7. The Morgan fingerprint density at radius 2 is 1.85 bits per heavy atom. The summed E-state index contributed by atoms with van der Waals surface area (Å²) in [7, 11) is 4.01. The van der Waals surface area contributed by atoms with Crippen LogP contribution in [0.25, 0.3) is 0 Å². The number of amides is 2. The Balaban J connectivity index is 1.45. The molecule has 4 rings (SSSR count). The van der Waals surface area contributed by atoms with Gasteiger partial charge in [0.2, 0.25) is 0 Å². The van der Waals surface area contributed by atoms with Crippen molar-refractivity contribution < 1.29 is 9.63 Å². The number of rotatable bonds is 7. The average Bonchev–Trinajstić information content (AvgIpc) is 3.33. The Bertz CT molecular complexity index is 1200. The van der Waals surface area contributed by atoms with Crippen LogP contribution in [0.2, 0.25) is 0 Å². The van der Waals surface area contributed by atoms with Gasteiger partial charge in [0, 0.05) is 38.4 Å². The van der Waals surface area contributed by atoms with E-state index >= 15 is 0 Å². The molecule has 0 spiro atoms. The van der Waals surface area contributed by atoms with Crippen molar-refractivity contribution in [3.63, 3.8) is 0 Å². The second-order valence-electron chi connectivity index (χ2n) is 8.40. The fourth-order valence-corrected chi connectivity index (χ4v) is 3.79. The van der Waals surface area contributed by atoms with E-state index in [1.54, 1.807) is 29.2 Å². The molecule has 0 bridgehead atoms. The highest BCUT2D eigenvalue weighted by atomic mass is 16.6. The second kappa shape index (κ2) is 10.5. The first kappa shape index (κ1) is 22.9. The highest BCUT2D eigenvalue weighted by Gasteiger charge is 2.27. The largest absolute Gasteiger partial charge is 0.390 e. The van der Waals surface area contributed by atoms with Crippen LogP contribution >= 0.6 is 0 Å². The SMILES string of the molecule is CN(C)c1ccc(C2=NOC(CN(Cc3ccccc3)C(=O)Nc3cccc(C#N)c3)C2)cc1. The molecule has 3 aromatic rings. The fourth-order valence-electron chi connectivity index (χ4n) is 3.79. The summed E-state index contributed by atoms with van der Waals surface area (Å²) in [5, 5.41) is 16.4. The number of hydrogen-bond donors (Lipinski definition) is 1. The molecule has 0 aromatic heterocycles. The van der Waals surface area contributed by atoms with Crippen LogP contribution in [0.3, 0.4) is 0 Å². The van der Waals surface area contributed by atoms with Gasteiger partial charge in [0.15, 0.2) is 6.10 Å². The Labute approximate surface area is 199 Å². The molecule has 3 aromatic carbocycles. The van der Waals surface area contributed by atoms with E-state index in [1.807, 2.05) is 61.5 Å². The molecule has 2 amide bonds. The standard InChI is InChI=1S/C27H27N5O2/c1-31(2)24-13-11-22(12-14-24)26-16-25(34-30-26)19-32(18-20-7-4-3-5-8-20)27(33)29-23-10-6-9-21(15-23)17-28/h3-15,25H,16,18-19H2,1-2H3,(H,29,33). The van der Waals surface area contributed by atoms with Crippen LogP contribution in [0, 0.1) is 11.3 Å². The topological polar surface area (TPSA) is 81.0 Å². The highest BCUT2D eigenvalue weighted by Crippen LogP contribution is 2.21. The van der Waals surface area contributed by atoms with Crippen LogP contribution in [0.1, 0.15) is 23.1 Å². The van der Waals surface area contributed by atoms with Crippen molar-refractivity contribution in [3.05, 3.63) is 95.6 Å². The van der Waals surface area contributed by atoms with Gasteiger partial charge in [0.1, 0.15) is 0 Å². The predicted octanol–water partition coefficient (Wildman–Crippen LogP) is 4.85. The van der Waals surface area contributed by atoms with Crippen molar-refractivity contribution in [3.8, 4) is 6.07 Å². The summed E-state index contributed by atoms with van der Waals surface area (Å²) in [6.45, 7) is 0.804. The molecule has 1 heterocycles. The summed E-state index contributed by atoms with van der Waals surface area (Å²) in [5.74, 6) is 0.